The normalized spacial score (nSPS) is 16.6. The van der Waals surface area contributed by atoms with E-state index in [0.717, 1.165) is 61.0 Å². The second-order valence-corrected chi connectivity index (χ2v) is 15.8. The summed E-state index contributed by atoms with van der Waals surface area (Å²) in [6.07, 6.45) is 6.49. The number of hydrogen-bond acceptors (Lipinski definition) is 6. The highest BCUT2D eigenvalue weighted by Gasteiger charge is 2.28. The molecule has 0 aromatic heterocycles. The first-order valence-corrected chi connectivity index (χ1v) is 18.2. The summed E-state index contributed by atoms with van der Waals surface area (Å²) >= 11 is 3.32. The summed E-state index contributed by atoms with van der Waals surface area (Å²) in [5, 5.41) is 0. The van der Waals surface area contributed by atoms with E-state index in [1.165, 1.54) is 28.0 Å². The van der Waals surface area contributed by atoms with Crippen LogP contribution in [0.25, 0.3) is 0 Å². The van der Waals surface area contributed by atoms with Crippen LogP contribution < -0.4 is 14.5 Å². The van der Waals surface area contributed by atoms with Crippen molar-refractivity contribution in [2.24, 2.45) is 0 Å². The average molecular weight is 762 g/mol. The maximum absolute atomic E-state index is 13.8. The maximum Gasteiger partial charge on any atom is 0.327 e. The molecule has 0 unspecified atom stereocenters. The zero-order valence-corrected chi connectivity index (χ0v) is 32.1. The van der Waals surface area contributed by atoms with Crippen LogP contribution in [0.5, 0.6) is 5.75 Å². The van der Waals surface area contributed by atoms with Crippen LogP contribution in [0.4, 0.5) is 11.4 Å². The lowest BCUT2D eigenvalue weighted by atomic mass is 10.1. The number of anilines is 2. The molecule has 6 bridgehead atoms. The van der Waals surface area contributed by atoms with Crippen LogP contribution in [-0.2, 0) is 27.5 Å². The highest BCUT2D eigenvalue weighted by atomic mass is 79.9. The van der Waals surface area contributed by atoms with E-state index in [9.17, 15) is 24.0 Å². The van der Waals surface area contributed by atoms with Gasteiger partial charge in [0.25, 0.3) is 11.8 Å². The van der Waals surface area contributed by atoms with Crippen LogP contribution in [0.3, 0.4) is 0 Å². The van der Waals surface area contributed by atoms with Gasteiger partial charge in [0.05, 0.1) is 0 Å². The minimum absolute atomic E-state index is 0.0422. The van der Waals surface area contributed by atoms with E-state index in [-0.39, 0.29) is 53.6 Å². The number of alkyl halides is 1. The van der Waals surface area contributed by atoms with Gasteiger partial charge in [0, 0.05) is 76.6 Å². The van der Waals surface area contributed by atoms with Crippen molar-refractivity contribution in [3.05, 3.63) is 89.0 Å². The Morgan fingerprint density at radius 2 is 0.980 bits per heavy atom. The Kier molecular flexibility index (Phi) is 13.6. The Bertz CT molecular complexity index is 1610. The number of halogens is 1. The molecule has 0 fully saturated rings. The van der Waals surface area contributed by atoms with Crippen LogP contribution in [0, 0.1) is 0 Å². The molecule has 4 heterocycles. The lowest BCUT2D eigenvalue weighted by Gasteiger charge is -2.22. The molecule has 10 nitrogen and oxygen atoms in total. The first-order valence-electron chi connectivity index (χ1n) is 17.4. The Hall–Kier alpha value is -4.51. The van der Waals surface area contributed by atoms with Crippen LogP contribution in [0.2, 0.25) is 0 Å². The molecular weight excluding hydrogens is 712 g/mol. The highest BCUT2D eigenvalue weighted by molar-refractivity contribution is 9.10. The van der Waals surface area contributed by atoms with Crippen LogP contribution in [0.15, 0.2) is 66.7 Å². The summed E-state index contributed by atoms with van der Waals surface area (Å²) in [7, 11) is 6.86. The molecule has 0 N–H and O–H groups in total. The molecule has 0 spiro atoms. The minimum Gasteiger partial charge on any atom is -0.425 e. The lowest BCUT2D eigenvalue weighted by Crippen LogP contribution is -2.30. The number of carbonyl (C=O) groups excluding carboxylic acids is 5. The first-order chi connectivity index (χ1) is 24.1. The van der Waals surface area contributed by atoms with Gasteiger partial charge in [-0.15, -0.1) is 0 Å². The molecule has 0 saturated heterocycles. The van der Waals surface area contributed by atoms with E-state index >= 15 is 0 Å². The number of nitrogens with zero attached hydrogens (tertiary/aromatic N) is 4. The predicted octanol–water partition coefficient (Wildman–Crippen LogP) is 7.37. The van der Waals surface area contributed by atoms with Crippen molar-refractivity contribution in [1.29, 1.82) is 0 Å². The Balaban J connectivity index is 1.63. The van der Waals surface area contributed by atoms with Gasteiger partial charge < -0.3 is 24.3 Å². The van der Waals surface area contributed by atoms with Crippen LogP contribution >= 0.6 is 15.9 Å². The molecule has 272 valence electrons. The van der Waals surface area contributed by atoms with Crippen LogP contribution in [0.1, 0.15) is 97.1 Å². The third-order valence-corrected chi connectivity index (χ3v) is 9.38. The van der Waals surface area contributed by atoms with Gasteiger partial charge in [0.1, 0.15) is 10.1 Å². The zero-order valence-electron chi connectivity index (χ0n) is 30.5. The number of ether oxygens (including phenoxy) is 1. The number of benzene rings is 3. The predicted molar refractivity (Wildman–Crippen MR) is 203 cm³/mol. The van der Waals surface area contributed by atoms with Gasteiger partial charge >= 0.3 is 5.97 Å². The Labute approximate surface area is 309 Å². The Morgan fingerprint density at radius 3 is 1.35 bits per heavy atom. The molecule has 0 radical (unpaired) electrons. The van der Waals surface area contributed by atoms with Gasteiger partial charge in [-0.05, 0) is 80.3 Å². The molecule has 4 aliphatic rings. The van der Waals surface area contributed by atoms with E-state index in [1.807, 2.05) is 48.5 Å². The smallest absolute Gasteiger partial charge is 0.327 e. The summed E-state index contributed by atoms with van der Waals surface area (Å²) in [5.41, 5.74) is 3.63. The van der Waals surface area contributed by atoms with E-state index in [2.05, 4.69) is 15.9 Å². The van der Waals surface area contributed by atoms with Gasteiger partial charge in [0.2, 0.25) is 11.8 Å². The van der Waals surface area contributed by atoms with Gasteiger partial charge in [-0.25, -0.2) is 0 Å². The third kappa shape index (κ3) is 11.0. The maximum atomic E-state index is 13.8. The lowest BCUT2D eigenvalue weighted by molar-refractivity contribution is -0.136. The number of amides is 4. The number of esters is 1. The zero-order chi connectivity index (χ0) is 37.3. The van der Waals surface area contributed by atoms with Gasteiger partial charge in [-0.3, -0.25) is 24.0 Å². The summed E-state index contributed by atoms with van der Waals surface area (Å²) in [4.78, 5) is 72.4. The summed E-state index contributed by atoms with van der Waals surface area (Å²) < 4.78 is 4.64. The number of carbonyl (C=O) groups is 5. The molecule has 11 heteroatoms. The standard InChI is InChI=1S/C40H49BrN4O6/c1-40(2,41)39(50)51-34-24-30-23-31(25-34)38(49)43(4)27-29-17-21-33(22-18-29)45(6)36(47)14-12-10-8-7-9-11-13-35(46)44(5)32-19-15-28(16-20-32)26-42(3)37(30)48/h15-25H,7-14,26-27H2,1-6H3. The fraction of sp³-hybridized carbons (Fsp3) is 0.425. The minimum atomic E-state index is -0.991. The fourth-order valence-corrected chi connectivity index (χ4v) is 5.88. The van der Waals surface area contributed by atoms with Gasteiger partial charge in [-0.1, -0.05) is 65.9 Å². The SMILES string of the molecule is CN1Cc2ccc(cc2)N(C)C(=O)CCCCCCCCC(=O)N(C)c2ccc(cc2)CN(C)C(=O)c2cc(OC(=O)C(C)(C)Br)cc(c2)C1=O. The molecule has 0 aliphatic carbocycles. The van der Waals surface area contributed by atoms with Crippen LogP contribution in [-0.4, -0.2) is 71.9 Å². The molecular formula is C40H49BrN4O6. The molecule has 51 heavy (non-hydrogen) atoms. The molecule has 3 aromatic rings. The summed E-state index contributed by atoms with van der Waals surface area (Å²) in [5.74, 6) is -1.14. The van der Waals surface area contributed by atoms with Crippen molar-refractivity contribution in [2.45, 2.75) is 82.6 Å². The van der Waals surface area contributed by atoms with Crippen molar-refractivity contribution in [2.75, 3.05) is 38.0 Å². The first kappa shape index (κ1) is 39.3. The Morgan fingerprint density at radius 1 is 0.608 bits per heavy atom. The van der Waals surface area contributed by atoms with Gasteiger partial charge in [0.15, 0.2) is 0 Å². The average Bonchev–Trinajstić information content (AvgIpc) is 3.10. The monoisotopic (exact) mass is 760 g/mol. The van der Waals surface area contributed by atoms with E-state index in [4.69, 9.17) is 4.74 Å². The van der Waals surface area contributed by atoms with Crippen molar-refractivity contribution < 1.29 is 28.7 Å². The largest absolute Gasteiger partial charge is 0.425 e. The number of hydrogen-bond donors (Lipinski definition) is 0. The van der Waals surface area contributed by atoms with E-state index in [0.29, 0.717) is 12.8 Å². The van der Waals surface area contributed by atoms with E-state index < -0.39 is 10.3 Å². The fourth-order valence-electron chi connectivity index (χ4n) is 5.80. The molecule has 3 aromatic carbocycles. The number of rotatable bonds is 2. The molecule has 0 atom stereocenters. The van der Waals surface area contributed by atoms with Crippen molar-refractivity contribution in [3.63, 3.8) is 0 Å². The topological polar surface area (TPSA) is 108 Å². The van der Waals surface area contributed by atoms with Crippen molar-refractivity contribution in [3.8, 4) is 5.75 Å². The summed E-state index contributed by atoms with van der Waals surface area (Å²) in [6.45, 7) is 3.84. The second-order valence-electron chi connectivity index (χ2n) is 13.8. The quantitative estimate of drug-likeness (QED) is 0.153. The van der Waals surface area contributed by atoms with Crippen molar-refractivity contribution in [1.82, 2.24) is 9.80 Å². The van der Waals surface area contributed by atoms with Crippen molar-refractivity contribution >= 4 is 56.9 Å². The molecule has 7 rings (SSSR count). The summed E-state index contributed by atoms with van der Waals surface area (Å²) in [6, 6.07) is 19.4. The molecule has 4 amide bonds. The molecule has 4 aliphatic heterocycles. The molecule has 0 saturated carbocycles. The third-order valence-electron chi connectivity index (χ3n) is 9.06. The second kappa shape index (κ2) is 17.6. The highest BCUT2D eigenvalue weighted by Crippen LogP contribution is 2.26. The van der Waals surface area contributed by atoms with Gasteiger partial charge in [-0.2, -0.15) is 0 Å². The van der Waals surface area contributed by atoms with E-state index in [1.54, 1.807) is 51.8 Å².